The molecule has 0 saturated heterocycles. The van der Waals surface area contributed by atoms with Crippen molar-refractivity contribution in [3.8, 4) is 15.2 Å². The van der Waals surface area contributed by atoms with Crippen molar-refractivity contribution in [2.45, 2.75) is 0 Å². The van der Waals surface area contributed by atoms with Gasteiger partial charge >= 0.3 is 0 Å². The second-order valence-corrected chi connectivity index (χ2v) is 1.95. The molecule has 1 nitrogen and oxygen atoms in total. The Labute approximate surface area is 60.6 Å². The zero-order chi connectivity index (χ0) is 5.54. The number of nitrogens with zero attached hydrogens (tertiary/aromatic N) is 1. The molecule has 0 aliphatic carbocycles. The molecule has 7 heavy (non-hydrogen) atoms. The van der Waals surface area contributed by atoms with E-state index in [2.05, 4.69) is 9.85 Å². The number of thiocyanates is 1. The molecule has 0 aromatic carbocycles. The number of halogens is 1. The van der Waals surface area contributed by atoms with Crippen LogP contribution in [0.5, 0.6) is 0 Å². The van der Waals surface area contributed by atoms with Gasteiger partial charge in [-0.3, -0.25) is 0 Å². The fourth-order valence-electron chi connectivity index (χ4n) is 0.0956. The van der Waals surface area contributed by atoms with Crippen LogP contribution < -0.4 is 0 Å². The Bertz CT molecular complexity index is 127. The highest BCUT2D eigenvalue weighted by atomic mass is 127. The van der Waals surface area contributed by atoms with Crippen LogP contribution in [0.3, 0.4) is 0 Å². The van der Waals surface area contributed by atoms with Gasteiger partial charge in [0.05, 0.1) is 5.75 Å². The van der Waals surface area contributed by atoms with E-state index in [1.54, 1.807) is 0 Å². The number of nitriles is 1. The van der Waals surface area contributed by atoms with Crippen LogP contribution in [0.15, 0.2) is 0 Å². The molecular formula is C4H2INS. The van der Waals surface area contributed by atoms with Crippen molar-refractivity contribution in [1.29, 1.82) is 5.26 Å². The van der Waals surface area contributed by atoms with Gasteiger partial charge < -0.3 is 0 Å². The smallest absolute Gasteiger partial charge is 0.134 e. The lowest BCUT2D eigenvalue weighted by Crippen LogP contribution is -1.60. The van der Waals surface area contributed by atoms with Crippen molar-refractivity contribution in [2.75, 3.05) is 5.75 Å². The first-order chi connectivity index (χ1) is 3.41. The van der Waals surface area contributed by atoms with Crippen LogP contribution in [0.1, 0.15) is 0 Å². The molecule has 0 atom stereocenters. The molecular weight excluding hydrogens is 221 g/mol. The lowest BCUT2D eigenvalue weighted by Gasteiger charge is -1.68. The van der Waals surface area contributed by atoms with Crippen molar-refractivity contribution in [2.24, 2.45) is 0 Å². The van der Waals surface area contributed by atoms with Crippen molar-refractivity contribution in [3.05, 3.63) is 0 Å². The van der Waals surface area contributed by atoms with Gasteiger partial charge in [0.1, 0.15) is 5.40 Å². The minimum atomic E-state index is 0.624. The van der Waals surface area contributed by atoms with Crippen LogP contribution in [-0.4, -0.2) is 5.75 Å². The van der Waals surface area contributed by atoms with E-state index in [0.717, 1.165) is 11.8 Å². The van der Waals surface area contributed by atoms with Crippen LogP contribution in [0, 0.1) is 20.5 Å². The summed E-state index contributed by atoms with van der Waals surface area (Å²) in [7, 11) is 0. The van der Waals surface area contributed by atoms with Crippen LogP contribution in [0.2, 0.25) is 0 Å². The normalized spacial score (nSPS) is 5.71. The highest BCUT2D eigenvalue weighted by molar-refractivity contribution is 14.1. The van der Waals surface area contributed by atoms with Crippen molar-refractivity contribution >= 4 is 34.4 Å². The average Bonchev–Trinajstić information content (AvgIpc) is 1.69. The quantitative estimate of drug-likeness (QED) is 0.292. The Morgan fingerprint density at radius 1 is 1.71 bits per heavy atom. The summed E-state index contributed by atoms with van der Waals surface area (Å²) in [5, 5.41) is 9.85. The fraction of sp³-hybridized carbons (Fsp3) is 0.250. The monoisotopic (exact) mass is 223 g/mol. The minimum absolute atomic E-state index is 0.624. The standard InChI is InChI=1S/C4H2INS/c5-2-1-3-7-4-6/h3H2. The molecule has 0 saturated carbocycles. The summed E-state index contributed by atoms with van der Waals surface area (Å²) in [6.07, 6.45) is 0. The van der Waals surface area contributed by atoms with Crippen LogP contribution in [-0.2, 0) is 0 Å². The van der Waals surface area contributed by atoms with E-state index in [0.29, 0.717) is 5.75 Å². The zero-order valence-corrected chi connectivity index (χ0v) is 6.41. The summed E-state index contributed by atoms with van der Waals surface area (Å²) >= 11 is 3.10. The molecule has 0 radical (unpaired) electrons. The topological polar surface area (TPSA) is 23.8 Å². The number of thioether (sulfide) groups is 1. The molecule has 3 heteroatoms. The Morgan fingerprint density at radius 3 is 2.86 bits per heavy atom. The molecule has 0 aromatic rings. The summed E-state index contributed by atoms with van der Waals surface area (Å²) in [6.45, 7) is 0. The van der Waals surface area contributed by atoms with E-state index in [1.165, 1.54) is 0 Å². The molecule has 0 fully saturated rings. The molecule has 0 bridgehead atoms. The summed E-state index contributed by atoms with van der Waals surface area (Å²) in [5.41, 5.74) is 0. The molecule has 0 rings (SSSR count). The third-order valence-corrected chi connectivity index (χ3v) is 1.07. The Morgan fingerprint density at radius 2 is 2.43 bits per heavy atom. The summed E-state index contributed by atoms with van der Waals surface area (Å²) < 4.78 is 2.65. The highest BCUT2D eigenvalue weighted by Gasteiger charge is 1.71. The van der Waals surface area contributed by atoms with E-state index in [1.807, 2.05) is 28.0 Å². The molecule has 0 aliphatic heterocycles. The third kappa shape index (κ3) is 6.13. The van der Waals surface area contributed by atoms with Gasteiger partial charge in [-0.25, -0.2) is 0 Å². The van der Waals surface area contributed by atoms with E-state index < -0.39 is 0 Å². The number of rotatable bonds is 1. The zero-order valence-electron chi connectivity index (χ0n) is 3.44. The minimum Gasteiger partial charge on any atom is -0.185 e. The second-order valence-electron chi connectivity index (χ2n) is 0.651. The van der Waals surface area contributed by atoms with E-state index >= 15 is 0 Å². The van der Waals surface area contributed by atoms with E-state index in [9.17, 15) is 0 Å². The first-order valence-electron chi connectivity index (χ1n) is 1.51. The van der Waals surface area contributed by atoms with Gasteiger partial charge in [0.15, 0.2) is 0 Å². The third-order valence-electron chi connectivity index (χ3n) is 0.276. The van der Waals surface area contributed by atoms with Gasteiger partial charge in [-0.05, 0) is 15.7 Å². The maximum absolute atomic E-state index is 7.94. The molecule has 36 valence electrons. The summed E-state index contributed by atoms with van der Waals surface area (Å²) in [6, 6.07) is 0. The van der Waals surface area contributed by atoms with Crippen molar-refractivity contribution < 1.29 is 0 Å². The SMILES string of the molecule is N#CSCC#CI. The van der Waals surface area contributed by atoms with Gasteiger partial charge in [-0.1, -0.05) is 5.92 Å². The summed E-state index contributed by atoms with van der Waals surface area (Å²) in [5.74, 6) is 3.35. The molecule has 0 N–H and O–H groups in total. The summed E-state index contributed by atoms with van der Waals surface area (Å²) in [4.78, 5) is 0. The van der Waals surface area contributed by atoms with Gasteiger partial charge in [0, 0.05) is 22.6 Å². The van der Waals surface area contributed by atoms with Crippen LogP contribution in [0.25, 0.3) is 0 Å². The lowest BCUT2D eigenvalue weighted by atomic mass is 10.8. The molecule has 0 spiro atoms. The van der Waals surface area contributed by atoms with Crippen LogP contribution >= 0.6 is 34.4 Å². The first-order valence-corrected chi connectivity index (χ1v) is 3.57. The number of hydrogen-bond donors (Lipinski definition) is 0. The van der Waals surface area contributed by atoms with Crippen LogP contribution in [0.4, 0.5) is 0 Å². The lowest BCUT2D eigenvalue weighted by molar-refractivity contribution is 1.57. The Balaban J connectivity index is 2.98. The molecule has 0 amide bonds. The molecule has 0 aromatic heterocycles. The van der Waals surface area contributed by atoms with Gasteiger partial charge in [-0.15, -0.1) is 0 Å². The van der Waals surface area contributed by atoms with Gasteiger partial charge in [0.2, 0.25) is 0 Å². The van der Waals surface area contributed by atoms with E-state index in [4.69, 9.17) is 5.26 Å². The highest BCUT2D eigenvalue weighted by Crippen LogP contribution is 1.91. The van der Waals surface area contributed by atoms with E-state index in [-0.39, 0.29) is 0 Å². The predicted octanol–water partition coefficient (Wildman–Crippen LogP) is 1.60. The molecule has 0 heterocycles. The van der Waals surface area contributed by atoms with Gasteiger partial charge in [0.25, 0.3) is 0 Å². The predicted molar refractivity (Wildman–Crippen MR) is 39.9 cm³/mol. The number of hydrogen-bond acceptors (Lipinski definition) is 2. The molecule has 0 unspecified atom stereocenters. The Hall–Kier alpha value is 0.130. The maximum atomic E-state index is 7.94. The molecule has 0 aliphatic rings. The fourth-order valence-corrected chi connectivity index (χ4v) is 0.754. The largest absolute Gasteiger partial charge is 0.185 e. The first kappa shape index (κ1) is 7.13. The maximum Gasteiger partial charge on any atom is 0.134 e. The van der Waals surface area contributed by atoms with Gasteiger partial charge in [-0.2, -0.15) is 5.26 Å². The average molecular weight is 223 g/mol. The second kappa shape index (κ2) is 6.13. The Kier molecular flexibility index (Phi) is 6.24. The van der Waals surface area contributed by atoms with Crippen molar-refractivity contribution in [1.82, 2.24) is 0 Å². The van der Waals surface area contributed by atoms with Crippen molar-refractivity contribution in [3.63, 3.8) is 0 Å².